The molecule has 0 atom stereocenters. The Labute approximate surface area is 123 Å². The molecule has 0 saturated carbocycles. The Hall–Kier alpha value is -2.11. The van der Waals surface area contributed by atoms with E-state index in [4.69, 9.17) is 0 Å². The van der Waals surface area contributed by atoms with Crippen molar-refractivity contribution in [2.75, 3.05) is 32.7 Å². The molecule has 0 aromatic heterocycles. The van der Waals surface area contributed by atoms with Gasteiger partial charge in [-0.05, 0) is 25.5 Å². The Morgan fingerprint density at radius 3 is 2.43 bits per heavy atom. The van der Waals surface area contributed by atoms with Gasteiger partial charge in [0.05, 0.1) is 5.56 Å². The first-order chi connectivity index (χ1) is 10.0. The quantitative estimate of drug-likeness (QED) is 0.901. The number of hydrogen-bond donors (Lipinski definition) is 1. The van der Waals surface area contributed by atoms with Gasteiger partial charge in [-0.2, -0.15) is 0 Å². The maximum atomic E-state index is 14.0. The SMILES string of the molecule is CCNC(=O)N1CCN(C(=O)c2cccc(C)c2F)CC1. The van der Waals surface area contributed by atoms with Crippen LogP contribution in [0.2, 0.25) is 0 Å². The van der Waals surface area contributed by atoms with Gasteiger partial charge >= 0.3 is 6.03 Å². The maximum Gasteiger partial charge on any atom is 0.317 e. The van der Waals surface area contributed by atoms with Crippen molar-refractivity contribution in [1.82, 2.24) is 15.1 Å². The zero-order chi connectivity index (χ0) is 15.4. The number of rotatable bonds is 2. The highest BCUT2D eigenvalue weighted by Gasteiger charge is 2.26. The molecule has 5 nitrogen and oxygen atoms in total. The molecule has 0 unspecified atom stereocenters. The Kier molecular flexibility index (Phi) is 4.77. The minimum absolute atomic E-state index is 0.0986. The number of aryl methyl sites for hydroxylation is 1. The Balaban J connectivity index is 2.00. The van der Waals surface area contributed by atoms with Crippen molar-refractivity contribution in [3.05, 3.63) is 35.1 Å². The molecule has 0 radical (unpaired) electrons. The number of benzene rings is 1. The minimum Gasteiger partial charge on any atom is -0.338 e. The summed E-state index contributed by atoms with van der Waals surface area (Å²) in [5, 5.41) is 2.73. The van der Waals surface area contributed by atoms with Gasteiger partial charge in [-0.15, -0.1) is 0 Å². The Bertz CT molecular complexity index is 540. The van der Waals surface area contributed by atoms with Gasteiger partial charge in [-0.3, -0.25) is 4.79 Å². The second-order valence-corrected chi connectivity index (χ2v) is 5.05. The van der Waals surface area contributed by atoms with E-state index in [1.165, 1.54) is 6.07 Å². The first-order valence-electron chi connectivity index (χ1n) is 7.11. The molecular weight excluding hydrogens is 273 g/mol. The van der Waals surface area contributed by atoms with Gasteiger partial charge in [0.1, 0.15) is 5.82 Å². The highest BCUT2D eigenvalue weighted by Crippen LogP contribution is 2.15. The van der Waals surface area contributed by atoms with Gasteiger partial charge in [0, 0.05) is 32.7 Å². The van der Waals surface area contributed by atoms with Crippen molar-refractivity contribution in [2.24, 2.45) is 0 Å². The molecule has 0 aliphatic carbocycles. The van der Waals surface area contributed by atoms with E-state index in [2.05, 4.69) is 5.32 Å². The average Bonchev–Trinajstić information content (AvgIpc) is 2.50. The fourth-order valence-corrected chi connectivity index (χ4v) is 2.36. The lowest BCUT2D eigenvalue weighted by atomic mass is 10.1. The largest absolute Gasteiger partial charge is 0.338 e. The molecule has 114 valence electrons. The molecule has 6 heteroatoms. The third-order valence-corrected chi connectivity index (χ3v) is 3.60. The minimum atomic E-state index is -0.464. The van der Waals surface area contributed by atoms with E-state index in [9.17, 15) is 14.0 Å². The predicted octanol–water partition coefficient (Wildman–Crippen LogP) is 1.62. The van der Waals surface area contributed by atoms with E-state index in [0.29, 0.717) is 38.3 Å². The van der Waals surface area contributed by atoms with Crippen LogP contribution in [0.4, 0.5) is 9.18 Å². The number of halogens is 1. The summed E-state index contributed by atoms with van der Waals surface area (Å²) in [5.41, 5.74) is 0.559. The van der Waals surface area contributed by atoms with Crippen molar-refractivity contribution >= 4 is 11.9 Å². The van der Waals surface area contributed by atoms with Crippen LogP contribution in [0.1, 0.15) is 22.8 Å². The molecule has 1 aliphatic heterocycles. The number of nitrogens with zero attached hydrogens (tertiary/aromatic N) is 2. The van der Waals surface area contributed by atoms with Crippen LogP contribution in [0.15, 0.2) is 18.2 Å². The topological polar surface area (TPSA) is 52.7 Å². The molecule has 0 spiro atoms. The number of amides is 3. The molecule has 1 fully saturated rings. The summed E-state index contributed by atoms with van der Waals surface area (Å²) in [4.78, 5) is 27.3. The smallest absolute Gasteiger partial charge is 0.317 e. The molecule has 1 aromatic rings. The summed E-state index contributed by atoms with van der Waals surface area (Å²) in [5.74, 6) is -0.777. The fourth-order valence-electron chi connectivity index (χ4n) is 2.36. The van der Waals surface area contributed by atoms with Gasteiger partial charge < -0.3 is 15.1 Å². The van der Waals surface area contributed by atoms with Crippen LogP contribution in [-0.4, -0.2) is 54.5 Å². The molecule has 0 bridgehead atoms. The second kappa shape index (κ2) is 6.56. The standard InChI is InChI=1S/C15H20FN3O2/c1-3-17-15(21)19-9-7-18(8-10-19)14(20)12-6-4-5-11(2)13(12)16/h4-6H,3,7-10H2,1-2H3,(H,17,21). The number of hydrogen-bond acceptors (Lipinski definition) is 2. The molecule has 1 aromatic carbocycles. The second-order valence-electron chi connectivity index (χ2n) is 5.05. The van der Waals surface area contributed by atoms with E-state index < -0.39 is 5.82 Å². The zero-order valence-corrected chi connectivity index (χ0v) is 12.4. The van der Waals surface area contributed by atoms with Gasteiger partial charge in [0.15, 0.2) is 0 Å². The van der Waals surface area contributed by atoms with Gasteiger partial charge in [-0.25, -0.2) is 9.18 Å². The third-order valence-electron chi connectivity index (χ3n) is 3.60. The summed E-state index contributed by atoms with van der Waals surface area (Å²) in [6, 6.07) is 4.70. The normalized spacial score (nSPS) is 15.0. The lowest BCUT2D eigenvalue weighted by Gasteiger charge is -2.34. The number of piperazine rings is 1. The van der Waals surface area contributed by atoms with Crippen LogP contribution < -0.4 is 5.32 Å². The third kappa shape index (κ3) is 3.32. The first kappa shape index (κ1) is 15.3. The fraction of sp³-hybridized carbons (Fsp3) is 0.467. The summed E-state index contributed by atoms with van der Waals surface area (Å²) in [7, 11) is 0. The van der Waals surface area contributed by atoms with Crippen molar-refractivity contribution in [3.63, 3.8) is 0 Å². The summed E-state index contributed by atoms with van der Waals surface area (Å²) in [6.07, 6.45) is 0. The number of carbonyl (C=O) groups excluding carboxylic acids is 2. The highest BCUT2D eigenvalue weighted by molar-refractivity contribution is 5.94. The Morgan fingerprint density at radius 1 is 1.19 bits per heavy atom. The monoisotopic (exact) mass is 293 g/mol. The summed E-state index contributed by atoms with van der Waals surface area (Å²) < 4.78 is 14.0. The summed E-state index contributed by atoms with van der Waals surface area (Å²) in [6.45, 7) is 5.84. The summed E-state index contributed by atoms with van der Waals surface area (Å²) >= 11 is 0. The van der Waals surface area contributed by atoms with E-state index in [1.54, 1.807) is 28.9 Å². The van der Waals surface area contributed by atoms with Crippen LogP contribution in [0, 0.1) is 12.7 Å². The van der Waals surface area contributed by atoms with Gasteiger partial charge in [0.25, 0.3) is 5.91 Å². The number of carbonyl (C=O) groups is 2. The molecule has 21 heavy (non-hydrogen) atoms. The molecule has 3 amide bonds. The van der Waals surface area contributed by atoms with Gasteiger partial charge in [-0.1, -0.05) is 12.1 Å². The molecule has 1 aliphatic rings. The van der Waals surface area contributed by atoms with Crippen LogP contribution in [0.25, 0.3) is 0 Å². The van der Waals surface area contributed by atoms with Crippen molar-refractivity contribution in [2.45, 2.75) is 13.8 Å². The van der Waals surface area contributed by atoms with Crippen LogP contribution >= 0.6 is 0 Å². The first-order valence-corrected chi connectivity index (χ1v) is 7.11. The van der Waals surface area contributed by atoms with Gasteiger partial charge in [0.2, 0.25) is 0 Å². The molecule has 1 N–H and O–H groups in total. The lowest BCUT2D eigenvalue weighted by molar-refractivity contribution is 0.0660. The molecular formula is C15H20FN3O2. The predicted molar refractivity (Wildman–Crippen MR) is 77.7 cm³/mol. The van der Waals surface area contributed by atoms with E-state index in [0.717, 1.165) is 0 Å². The van der Waals surface area contributed by atoms with Crippen molar-refractivity contribution in [3.8, 4) is 0 Å². The average molecular weight is 293 g/mol. The van der Waals surface area contributed by atoms with Crippen molar-refractivity contribution in [1.29, 1.82) is 0 Å². The van der Waals surface area contributed by atoms with Crippen LogP contribution in [0.3, 0.4) is 0 Å². The Morgan fingerprint density at radius 2 is 1.81 bits per heavy atom. The number of urea groups is 1. The highest BCUT2D eigenvalue weighted by atomic mass is 19.1. The van der Waals surface area contributed by atoms with E-state index in [1.807, 2.05) is 6.92 Å². The van der Waals surface area contributed by atoms with E-state index >= 15 is 0 Å². The van der Waals surface area contributed by atoms with Crippen molar-refractivity contribution < 1.29 is 14.0 Å². The maximum absolute atomic E-state index is 14.0. The lowest BCUT2D eigenvalue weighted by Crippen LogP contribution is -2.53. The molecule has 2 rings (SSSR count). The van der Waals surface area contributed by atoms with Crippen LogP contribution in [0.5, 0.6) is 0 Å². The molecule has 1 saturated heterocycles. The number of nitrogens with one attached hydrogen (secondary N) is 1. The van der Waals surface area contributed by atoms with E-state index in [-0.39, 0.29) is 17.5 Å². The zero-order valence-electron chi connectivity index (χ0n) is 12.4. The van der Waals surface area contributed by atoms with Crippen LogP contribution in [-0.2, 0) is 0 Å². The molecule has 1 heterocycles.